The van der Waals surface area contributed by atoms with E-state index < -0.39 is 0 Å². The van der Waals surface area contributed by atoms with Crippen molar-refractivity contribution in [1.82, 2.24) is 4.98 Å². The number of pyridine rings is 1. The lowest BCUT2D eigenvalue weighted by Gasteiger charge is -2.34. The van der Waals surface area contributed by atoms with E-state index in [2.05, 4.69) is 22.1 Å². The number of aryl methyl sites for hydroxylation is 1. The fourth-order valence-electron chi connectivity index (χ4n) is 2.60. The first-order chi connectivity index (χ1) is 10.7. The van der Waals surface area contributed by atoms with Gasteiger partial charge >= 0.3 is 6.03 Å². The lowest BCUT2D eigenvalue weighted by Crippen LogP contribution is -2.45. The molecular weight excluding hydrogens is 276 g/mol. The van der Waals surface area contributed by atoms with E-state index in [0.717, 1.165) is 30.2 Å². The summed E-state index contributed by atoms with van der Waals surface area (Å²) in [7, 11) is 1.99. The maximum absolute atomic E-state index is 12.6. The molecule has 0 saturated carbocycles. The van der Waals surface area contributed by atoms with Crippen LogP contribution in [0.2, 0.25) is 0 Å². The van der Waals surface area contributed by atoms with E-state index >= 15 is 0 Å². The van der Waals surface area contributed by atoms with Crippen LogP contribution in [0.5, 0.6) is 0 Å². The van der Waals surface area contributed by atoms with Crippen LogP contribution in [0.3, 0.4) is 0 Å². The lowest BCUT2D eigenvalue weighted by molar-refractivity contribution is 0.257. The average molecular weight is 296 g/mol. The van der Waals surface area contributed by atoms with Gasteiger partial charge < -0.3 is 10.2 Å². The molecule has 0 unspecified atom stereocenters. The molecule has 0 spiro atoms. The smallest absolute Gasteiger partial charge is 0.326 e. The van der Waals surface area contributed by atoms with E-state index in [4.69, 9.17) is 0 Å². The van der Waals surface area contributed by atoms with E-state index in [1.165, 1.54) is 5.56 Å². The predicted octanol–water partition coefficient (Wildman–Crippen LogP) is 3.13. The van der Waals surface area contributed by atoms with Crippen LogP contribution < -0.4 is 15.1 Å². The number of benzene rings is 1. The minimum Gasteiger partial charge on any atom is -0.356 e. The molecule has 0 atom stereocenters. The molecule has 1 aromatic carbocycles. The summed E-state index contributed by atoms with van der Waals surface area (Å²) >= 11 is 0. The molecule has 3 rings (SSSR count). The molecule has 114 valence electrons. The SMILES string of the molecule is CCc1ccc(NC(=O)N2CCN(C)c3ncccc32)cc1. The average Bonchev–Trinajstić information content (AvgIpc) is 2.56. The summed E-state index contributed by atoms with van der Waals surface area (Å²) in [6, 6.07) is 11.6. The van der Waals surface area contributed by atoms with Gasteiger partial charge in [-0.2, -0.15) is 0 Å². The Morgan fingerprint density at radius 1 is 1.23 bits per heavy atom. The van der Waals surface area contributed by atoms with Gasteiger partial charge in [0.05, 0.1) is 5.69 Å². The Hall–Kier alpha value is -2.56. The van der Waals surface area contributed by atoms with Gasteiger partial charge in [-0.05, 0) is 36.2 Å². The summed E-state index contributed by atoms with van der Waals surface area (Å²) < 4.78 is 0. The Bertz CT molecular complexity index is 669. The molecule has 2 amide bonds. The fourth-order valence-corrected chi connectivity index (χ4v) is 2.60. The quantitative estimate of drug-likeness (QED) is 0.926. The number of nitrogens with zero attached hydrogens (tertiary/aromatic N) is 3. The molecule has 0 fully saturated rings. The van der Waals surface area contributed by atoms with E-state index in [1.807, 2.05) is 43.4 Å². The number of carbonyl (C=O) groups excluding carboxylic acids is 1. The maximum atomic E-state index is 12.6. The molecule has 1 aliphatic heterocycles. The molecule has 5 nitrogen and oxygen atoms in total. The summed E-state index contributed by atoms with van der Waals surface area (Å²) in [6.07, 6.45) is 2.74. The monoisotopic (exact) mass is 296 g/mol. The molecule has 1 aromatic heterocycles. The Balaban J connectivity index is 1.79. The van der Waals surface area contributed by atoms with Crippen LogP contribution in [0.25, 0.3) is 0 Å². The summed E-state index contributed by atoms with van der Waals surface area (Å²) in [5, 5.41) is 2.96. The summed E-state index contributed by atoms with van der Waals surface area (Å²) in [5.74, 6) is 0.838. The highest BCUT2D eigenvalue weighted by Gasteiger charge is 2.25. The van der Waals surface area contributed by atoms with Gasteiger partial charge in [0.1, 0.15) is 0 Å². The van der Waals surface area contributed by atoms with Crippen LogP contribution in [0.15, 0.2) is 42.6 Å². The van der Waals surface area contributed by atoms with Crippen molar-refractivity contribution >= 4 is 23.2 Å². The number of carbonyl (C=O) groups is 1. The number of fused-ring (bicyclic) bond motifs is 1. The molecule has 0 bridgehead atoms. The van der Waals surface area contributed by atoms with Crippen LogP contribution >= 0.6 is 0 Å². The van der Waals surface area contributed by atoms with Crippen molar-refractivity contribution in [3.63, 3.8) is 0 Å². The molecule has 1 N–H and O–H groups in total. The number of aromatic nitrogens is 1. The van der Waals surface area contributed by atoms with Gasteiger partial charge in [-0.3, -0.25) is 4.90 Å². The van der Waals surface area contributed by atoms with Crippen molar-refractivity contribution in [3.05, 3.63) is 48.2 Å². The van der Waals surface area contributed by atoms with E-state index in [0.29, 0.717) is 6.54 Å². The van der Waals surface area contributed by atoms with Gasteiger partial charge in [-0.1, -0.05) is 19.1 Å². The lowest BCUT2D eigenvalue weighted by atomic mass is 10.1. The zero-order chi connectivity index (χ0) is 15.5. The highest BCUT2D eigenvalue weighted by molar-refractivity contribution is 6.04. The number of urea groups is 1. The zero-order valence-corrected chi connectivity index (χ0v) is 12.9. The molecule has 0 radical (unpaired) electrons. The molecule has 0 saturated heterocycles. The number of hydrogen-bond donors (Lipinski definition) is 1. The highest BCUT2D eigenvalue weighted by atomic mass is 16.2. The molecule has 2 aromatic rings. The van der Waals surface area contributed by atoms with Crippen LogP contribution in [0, 0.1) is 0 Å². The Labute approximate surface area is 130 Å². The first-order valence-corrected chi connectivity index (χ1v) is 7.52. The van der Waals surface area contributed by atoms with Gasteiger partial charge in [0.2, 0.25) is 0 Å². The number of amides is 2. The maximum Gasteiger partial charge on any atom is 0.326 e. The van der Waals surface area contributed by atoms with Crippen LogP contribution in [0.1, 0.15) is 12.5 Å². The zero-order valence-electron chi connectivity index (χ0n) is 12.9. The molecule has 2 heterocycles. The summed E-state index contributed by atoms with van der Waals surface area (Å²) in [6.45, 7) is 3.53. The van der Waals surface area contributed by atoms with Crippen molar-refractivity contribution < 1.29 is 4.79 Å². The second kappa shape index (κ2) is 6.05. The van der Waals surface area contributed by atoms with Crippen LogP contribution in [0.4, 0.5) is 22.0 Å². The third kappa shape index (κ3) is 2.74. The minimum absolute atomic E-state index is 0.119. The van der Waals surface area contributed by atoms with Crippen molar-refractivity contribution in [3.8, 4) is 0 Å². The van der Waals surface area contributed by atoms with E-state index in [9.17, 15) is 4.79 Å². The number of nitrogens with one attached hydrogen (secondary N) is 1. The van der Waals surface area contributed by atoms with Crippen molar-refractivity contribution in [2.45, 2.75) is 13.3 Å². The van der Waals surface area contributed by atoms with Crippen molar-refractivity contribution in [2.75, 3.05) is 35.3 Å². The second-order valence-electron chi connectivity index (χ2n) is 5.40. The molecule has 22 heavy (non-hydrogen) atoms. The van der Waals surface area contributed by atoms with Gasteiger partial charge in [0.25, 0.3) is 0 Å². The molecule has 1 aliphatic rings. The predicted molar refractivity (Wildman–Crippen MR) is 89.7 cm³/mol. The molecular formula is C17H20N4O. The van der Waals surface area contributed by atoms with E-state index in [1.54, 1.807) is 11.1 Å². The first kappa shape index (κ1) is 14.4. The van der Waals surface area contributed by atoms with Gasteiger partial charge in [-0.25, -0.2) is 9.78 Å². The molecule has 5 heteroatoms. The first-order valence-electron chi connectivity index (χ1n) is 7.52. The molecule has 0 aliphatic carbocycles. The van der Waals surface area contributed by atoms with Gasteiger partial charge in [0.15, 0.2) is 5.82 Å². The fraction of sp³-hybridized carbons (Fsp3) is 0.294. The Morgan fingerprint density at radius 3 is 2.73 bits per heavy atom. The topological polar surface area (TPSA) is 48.5 Å². The minimum atomic E-state index is -0.119. The van der Waals surface area contributed by atoms with Crippen molar-refractivity contribution in [1.29, 1.82) is 0 Å². The van der Waals surface area contributed by atoms with Crippen LogP contribution in [-0.2, 0) is 6.42 Å². The summed E-state index contributed by atoms with van der Waals surface area (Å²) in [5.41, 5.74) is 2.91. The Morgan fingerprint density at radius 2 is 2.00 bits per heavy atom. The Kier molecular flexibility index (Phi) is 3.96. The van der Waals surface area contributed by atoms with Gasteiger partial charge in [0, 0.05) is 32.0 Å². The normalized spacial score (nSPS) is 13.7. The van der Waals surface area contributed by atoms with Crippen molar-refractivity contribution in [2.24, 2.45) is 0 Å². The third-order valence-electron chi connectivity index (χ3n) is 3.94. The second-order valence-corrected chi connectivity index (χ2v) is 5.40. The largest absolute Gasteiger partial charge is 0.356 e. The number of hydrogen-bond acceptors (Lipinski definition) is 3. The standard InChI is InChI=1S/C17H20N4O/c1-3-13-6-8-14(9-7-13)19-17(22)21-12-11-20(2)16-15(21)5-4-10-18-16/h4-10H,3,11-12H2,1-2H3,(H,19,22). The highest BCUT2D eigenvalue weighted by Crippen LogP contribution is 2.29. The summed E-state index contributed by atoms with van der Waals surface area (Å²) in [4.78, 5) is 20.7. The number of rotatable bonds is 2. The van der Waals surface area contributed by atoms with E-state index in [-0.39, 0.29) is 6.03 Å². The number of anilines is 3. The number of likely N-dealkylation sites (N-methyl/N-ethyl adjacent to an activating group) is 1. The van der Waals surface area contributed by atoms with Crippen LogP contribution in [-0.4, -0.2) is 31.2 Å². The van der Waals surface area contributed by atoms with Gasteiger partial charge in [-0.15, -0.1) is 0 Å². The third-order valence-corrected chi connectivity index (χ3v) is 3.94.